The molecule has 156 valence electrons. The largest absolute Gasteiger partial charge is 0.274 e. The van der Waals surface area contributed by atoms with Gasteiger partial charge in [0.05, 0.1) is 17.5 Å². The number of rotatable bonds is 3. The molecule has 0 radical (unpaired) electrons. The third-order valence-electron chi connectivity index (χ3n) is 7.33. The minimum absolute atomic E-state index is 0.0433. The maximum absolute atomic E-state index is 13.9. The lowest BCUT2D eigenvalue weighted by molar-refractivity contribution is -0.122. The Hall–Kier alpha value is -3.20. The van der Waals surface area contributed by atoms with Gasteiger partial charge in [0.15, 0.2) is 0 Å². The molecule has 1 saturated heterocycles. The number of carbonyl (C=O) groups excluding carboxylic acids is 2. The number of nitrogens with zero attached hydrogens (tertiary/aromatic N) is 1. The van der Waals surface area contributed by atoms with E-state index in [4.69, 9.17) is 0 Å². The zero-order valence-corrected chi connectivity index (χ0v) is 18.0. The van der Waals surface area contributed by atoms with Crippen LogP contribution in [0.15, 0.2) is 78.9 Å². The Kier molecular flexibility index (Phi) is 4.97. The van der Waals surface area contributed by atoms with E-state index in [1.165, 1.54) is 4.90 Å². The first kappa shape index (κ1) is 19.7. The quantitative estimate of drug-likeness (QED) is 0.515. The van der Waals surface area contributed by atoms with Crippen molar-refractivity contribution in [2.24, 2.45) is 11.8 Å². The van der Waals surface area contributed by atoms with E-state index >= 15 is 0 Å². The summed E-state index contributed by atoms with van der Waals surface area (Å²) < 4.78 is 0. The third-order valence-corrected chi connectivity index (χ3v) is 7.33. The van der Waals surface area contributed by atoms with Crippen molar-refractivity contribution in [3.8, 4) is 0 Å². The van der Waals surface area contributed by atoms with Crippen LogP contribution in [0.5, 0.6) is 0 Å². The van der Waals surface area contributed by atoms with E-state index in [-0.39, 0.29) is 35.5 Å². The summed E-state index contributed by atoms with van der Waals surface area (Å²) in [6.07, 6.45) is 1.81. The zero-order valence-electron chi connectivity index (χ0n) is 18.0. The molecule has 1 heterocycles. The minimum atomic E-state index is -0.325. The number of benzene rings is 3. The van der Waals surface area contributed by atoms with Crippen LogP contribution >= 0.6 is 0 Å². The predicted octanol–water partition coefficient (Wildman–Crippen LogP) is 5.77. The number of imide groups is 1. The molecule has 1 aliphatic heterocycles. The van der Waals surface area contributed by atoms with Gasteiger partial charge in [-0.15, -0.1) is 0 Å². The molecule has 5 rings (SSSR count). The van der Waals surface area contributed by atoms with Gasteiger partial charge in [0.25, 0.3) is 0 Å². The van der Waals surface area contributed by atoms with Crippen molar-refractivity contribution in [1.82, 2.24) is 0 Å². The van der Waals surface area contributed by atoms with Gasteiger partial charge in [-0.1, -0.05) is 72.8 Å². The van der Waals surface area contributed by atoms with Crippen LogP contribution in [0.25, 0.3) is 0 Å². The molecule has 3 heteroatoms. The lowest BCUT2D eigenvalue weighted by atomic mass is 9.64. The highest BCUT2D eigenvalue weighted by Gasteiger charge is 2.57. The molecule has 1 aliphatic carbocycles. The second-order valence-corrected chi connectivity index (χ2v) is 8.89. The number of fused-ring (bicyclic) bond motifs is 1. The van der Waals surface area contributed by atoms with Crippen LogP contribution in [0.4, 0.5) is 5.69 Å². The van der Waals surface area contributed by atoms with Gasteiger partial charge in [-0.3, -0.25) is 9.59 Å². The van der Waals surface area contributed by atoms with Gasteiger partial charge in [0.2, 0.25) is 11.8 Å². The topological polar surface area (TPSA) is 37.4 Å². The maximum atomic E-state index is 13.9. The van der Waals surface area contributed by atoms with Crippen molar-refractivity contribution in [2.75, 3.05) is 4.90 Å². The highest BCUT2D eigenvalue weighted by Crippen LogP contribution is 2.53. The van der Waals surface area contributed by atoms with E-state index in [2.05, 4.69) is 24.3 Å². The van der Waals surface area contributed by atoms with Gasteiger partial charge in [-0.05, 0) is 66.8 Å². The summed E-state index contributed by atoms with van der Waals surface area (Å²) in [5.74, 6) is -0.602. The average molecular weight is 410 g/mol. The van der Waals surface area contributed by atoms with E-state index < -0.39 is 0 Å². The van der Waals surface area contributed by atoms with Crippen molar-refractivity contribution >= 4 is 17.5 Å². The van der Waals surface area contributed by atoms with E-state index in [0.717, 1.165) is 40.8 Å². The van der Waals surface area contributed by atoms with Crippen molar-refractivity contribution in [3.05, 3.63) is 101 Å². The molecule has 31 heavy (non-hydrogen) atoms. The van der Waals surface area contributed by atoms with E-state index in [9.17, 15) is 9.59 Å². The molecule has 0 N–H and O–H groups in total. The number of aryl methyl sites for hydroxylation is 1. The Morgan fingerprint density at radius 3 is 1.61 bits per heavy atom. The molecule has 2 amide bonds. The zero-order chi connectivity index (χ0) is 21.5. The Morgan fingerprint density at radius 1 is 0.645 bits per heavy atom. The van der Waals surface area contributed by atoms with Gasteiger partial charge in [-0.2, -0.15) is 0 Å². The molecule has 4 atom stereocenters. The summed E-state index contributed by atoms with van der Waals surface area (Å²) in [4.78, 5) is 29.3. The van der Waals surface area contributed by atoms with Gasteiger partial charge in [0.1, 0.15) is 0 Å². The van der Waals surface area contributed by atoms with Crippen molar-refractivity contribution in [2.45, 2.75) is 38.5 Å². The summed E-state index contributed by atoms with van der Waals surface area (Å²) in [5, 5.41) is 0. The summed E-state index contributed by atoms with van der Waals surface area (Å²) >= 11 is 0. The van der Waals surface area contributed by atoms with E-state index in [1.54, 1.807) is 0 Å². The molecule has 0 unspecified atom stereocenters. The first-order valence-electron chi connectivity index (χ1n) is 11.1. The number of carbonyl (C=O) groups is 2. The molecular formula is C28H27NO2. The fourth-order valence-corrected chi connectivity index (χ4v) is 5.64. The highest BCUT2D eigenvalue weighted by molar-refractivity contribution is 6.23. The summed E-state index contributed by atoms with van der Waals surface area (Å²) in [6, 6.07) is 26.4. The Morgan fingerprint density at radius 2 is 1.13 bits per heavy atom. The van der Waals surface area contributed by atoms with Crippen molar-refractivity contribution in [1.29, 1.82) is 0 Å². The Labute approximate surface area is 183 Å². The van der Waals surface area contributed by atoms with Gasteiger partial charge in [-0.25, -0.2) is 4.90 Å². The van der Waals surface area contributed by atoms with E-state index in [1.807, 2.05) is 68.4 Å². The van der Waals surface area contributed by atoms with E-state index in [0.29, 0.717) is 0 Å². The molecular weight excluding hydrogens is 382 g/mol. The summed E-state index contributed by atoms with van der Waals surface area (Å²) in [6.45, 7) is 4.02. The molecule has 0 bridgehead atoms. The molecule has 0 aromatic heterocycles. The lowest BCUT2D eigenvalue weighted by Gasteiger charge is -2.37. The average Bonchev–Trinajstić information content (AvgIpc) is 3.07. The second kappa shape index (κ2) is 7.81. The number of anilines is 1. The van der Waals surface area contributed by atoms with Crippen LogP contribution in [0, 0.1) is 25.7 Å². The van der Waals surface area contributed by atoms with Crippen LogP contribution < -0.4 is 4.90 Å². The Balaban J connectivity index is 1.63. The summed E-state index contributed by atoms with van der Waals surface area (Å²) in [5.41, 5.74) is 5.14. The minimum Gasteiger partial charge on any atom is -0.274 e. The van der Waals surface area contributed by atoms with Crippen LogP contribution in [0.2, 0.25) is 0 Å². The molecule has 3 aromatic carbocycles. The normalized spacial score (nSPS) is 25.5. The third kappa shape index (κ3) is 3.20. The van der Waals surface area contributed by atoms with Gasteiger partial charge in [0, 0.05) is 0 Å². The first-order chi connectivity index (χ1) is 15.1. The van der Waals surface area contributed by atoms with Crippen LogP contribution in [0.1, 0.15) is 46.9 Å². The van der Waals surface area contributed by atoms with Gasteiger partial charge < -0.3 is 0 Å². The standard InChI is InChI=1S/C28H27NO2/c1-18-10-9-15-24(19(18)2)29-27(30)25-22(20-11-5-3-6-12-20)16-17-23(26(25)28(29)31)21-13-7-4-8-14-21/h3-15,22-23,25-26H,16-17H2,1-2H3/t22-,23+,25-,26-/m1/s1. The number of amides is 2. The van der Waals surface area contributed by atoms with Crippen LogP contribution in [-0.4, -0.2) is 11.8 Å². The molecule has 3 nitrogen and oxygen atoms in total. The Bertz CT molecular complexity index is 1060. The number of hydrogen-bond donors (Lipinski definition) is 0. The second-order valence-electron chi connectivity index (χ2n) is 8.89. The maximum Gasteiger partial charge on any atom is 0.238 e. The molecule has 2 aliphatic rings. The van der Waals surface area contributed by atoms with Crippen LogP contribution in [-0.2, 0) is 9.59 Å². The van der Waals surface area contributed by atoms with Crippen molar-refractivity contribution < 1.29 is 9.59 Å². The summed E-state index contributed by atoms with van der Waals surface area (Å²) in [7, 11) is 0. The first-order valence-corrected chi connectivity index (χ1v) is 11.1. The van der Waals surface area contributed by atoms with Crippen molar-refractivity contribution in [3.63, 3.8) is 0 Å². The SMILES string of the molecule is Cc1cccc(N2C(=O)[C@H]3[C@H](C2=O)[C@H](c2ccccc2)CC[C@@H]3c2ccccc2)c1C. The molecule has 3 aromatic rings. The molecule has 1 saturated carbocycles. The monoisotopic (exact) mass is 409 g/mol. The molecule has 2 fully saturated rings. The highest BCUT2D eigenvalue weighted by atomic mass is 16.2. The molecule has 0 spiro atoms. The smallest absolute Gasteiger partial charge is 0.238 e. The fraction of sp³-hybridized carbons (Fsp3) is 0.286. The van der Waals surface area contributed by atoms with Crippen LogP contribution in [0.3, 0.4) is 0 Å². The lowest BCUT2D eigenvalue weighted by Crippen LogP contribution is -2.34. The van der Waals surface area contributed by atoms with Gasteiger partial charge >= 0.3 is 0 Å². The number of hydrogen-bond acceptors (Lipinski definition) is 2. The fourth-order valence-electron chi connectivity index (χ4n) is 5.64. The predicted molar refractivity (Wildman–Crippen MR) is 123 cm³/mol.